The van der Waals surface area contributed by atoms with E-state index in [9.17, 15) is 14.5 Å². The quantitative estimate of drug-likeness (QED) is 0.472. The zero-order valence-electron chi connectivity index (χ0n) is 19.5. The molecule has 0 radical (unpaired) electrons. The molecular formula is C28H31N3O3. The molecule has 0 bridgehead atoms. The van der Waals surface area contributed by atoms with E-state index in [4.69, 9.17) is 0 Å². The first kappa shape index (κ1) is 23.8. The molecule has 3 atom stereocenters. The number of piperidine rings is 1. The van der Waals surface area contributed by atoms with Gasteiger partial charge in [0.2, 0.25) is 5.91 Å². The van der Waals surface area contributed by atoms with Crippen LogP contribution >= 0.6 is 0 Å². The van der Waals surface area contributed by atoms with E-state index < -0.39 is 5.91 Å². The van der Waals surface area contributed by atoms with Gasteiger partial charge in [0.25, 0.3) is 5.91 Å². The van der Waals surface area contributed by atoms with E-state index in [-0.39, 0.29) is 30.7 Å². The van der Waals surface area contributed by atoms with Crippen molar-refractivity contribution in [3.8, 4) is 0 Å². The molecule has 0 aromatic heterocycles. The van der Waals surface area contributed by atoms with Crippen LogP contribution in [0.5, 0.6) is 0 Å². The number of rotatable bonds is 8. The van der Waals surface area contributed by atoms with Crippen molar-refractivity contribution in [2.24, 2.45) is 11.1 Å². The fourth-order valence-corrected chi connectivity index (χ4v) is 5.09. The van der Waals surface area contributed by atoms with E-state index in [0.29, 0.717) is 19.0 Å². The van der Waals surface area contributed by atoms with E-state index in [1.165, 1.54) is 21.9 Å². The minimum atomic E-state index is -0.769. The Labute approximate surface area is 200 Å². The number of nitrogens with zero attached hydrogens (tertiary/aromatic N) is 2. The van der Waals surface area contributed by atoms with Gasteiger partial charge in [-0.05, 0) is 47.1 Å². The van der Waals surface area contributed by atoms with Crippen LogP contribution in [-0.2, 0) is 9.59 Å². The van der Waals surface area contributed by atoms with Gasteiger partial charge < -0.3 is 10.2 Å². The van der Waals surface area contributed by atoms with Gasteiger partial charge in [-0.3, -0.25) is 9.59 Å². The van der Waals surface area contributed by atoms with E-state index in [1.54, 1.807) is 0 Å². The van der Waals surface area contributed by atoms with Crippen LogP contribution in [0.1, 0.15) is 49.3 Å². The Kier molecular flexibility index (Phi) is 7.80. The predicted octanol–water partition coefficient (Wildman–Crippen LogP) is 5.20. The number of carbonyl (C=O) groups is 2. The molecule has 1 fully saturated rings. The molecular weight excluding hydrogens is 426 g/mol. The van der Waals surface area contributed by atoms with Crippen molar-refractivity contribution in [2.45, 2.75) is 38.1 Å². The summed E-state index contributed by atoms with van der Waals surface area (Å²) in [6, 6.07) is 25.5. The van der Waals surface area contributed by atoms with Crippen LogP contribution < -0.4 is 5.32 Å². The van der Waals surface area contributed by atoms with Crippen LogP contribution in [0.3, 0.4) is 0 Å². The van der Waals surface area contributed by atoms with Crippen LogP contribution in [0.25, 0.3) is 10.8 Å². The Balaban J connectivity index is 1.48. The van der Waals surface area contributed by atoms with Gasteiger partial charge in [-0.15, -0.1) is 4.91 Å². The number of nitroso groups, excluding NO2 is 1. The molecule has 1 N–H and O–H groups in total. The zero-order chi connectivity index (χ0) is 23.9. The van der Waals surface area contributed by atoms with Crippen molar-refractivity contribution in [1.82, 2.24) is 10.2 Å². The molecule has 3 aromatic rings. The number of nitrogens with one attached hydrogen (secondary N) is 1. The van der Waals surface area contributed by atoms with E-state index in [0.717, 1.165) is 13.0 Å². The van der Waals surface area contributed by atoms with Gasteiger partial charge in [0.05, 0.1) is 0 Å². The fourth-order valence-electron chi connectivity index (χ4n) is 5.09. The molecule has 4 rings (SSSR count). The van der Waals surface area contributed by atoms with Gasteiger partial charge in [0.15, 0.2) is 0 Å². The summed E-state index contributed by atoms with van der Waals surface area (Å²) in [5.74, 6) is -0.279. The molecule has 0 aliphatic carbocycles. The molecule has 3 aromatic carbocycles. The minimum Gasteiger partial charge on any atom is -0.342 e. The summed E-state index contributed by atoms with van der Waals surface area (Å²) < 4.78 is 0. The first-order valence-corrected chi connectivity index (χ1v) is 12.0. The number of carbonyl (C=O) groups excluding carboxylic acids is 2. The van der Waals surface area contributed by atoms with E-state index >= 15 is 0 Å². The van der Waals surface area contributed by atoms with Crippen molar-refractivity contribution in [3.05, 3.63) is 88.8 Å². The number of hydrogen-bond donors (Lipinski definition) is 1. The first-order chi connectivity index (χ1) is 16.6. The third-order valence-electron chi connectivity index (χ3n) is 6.95. The molecule has 1 saturated heterocycles. The van der Waals surface area contributed by atoms with Crippen molar-refractivity contribution in [3.63, 3.8) is 0 Å². The highest BCUT2D eigenvalue weighted by atomic mass is 16.3. The van der Waals surface area contributed by atoms with Crippen LogP contribution in [0.2, 0.25) is 0 Å². The molecule has 1 heterocycles. The third kappa shape index (κ3) is 5.57. The van der Waals surface area contributed by atoms with Gasteiger partial charge in [0.1, 0.15) is 0 Å². The van der Waals surface area contributed by atoms with E-state index in [2.05, 4.69) is 84.1 Å². The predicted molar refractivity (Wildman–Crippen MR) is 134 cm³/mol. The topological polar surface area (TPSA) is 78.8 Å². The largest absolute Gasteiger partial charge is 0.342 e. The Morgan fingerprint density at radius 2 is 1.74 bits per heavy atom. The van der Waals surface area contributed by atoms with Crippen molar-refractivity contribution in [1.29, 1.82) is 0 Å². The summed E-state index contributed by atoms with van der Waals surface area (Å²) in [5, 5.41) is 8.61. The van der Waals surface area contributed by atoms with Gasteiger partial charge in [-0.1, -0.05) is 72.8 Å². The highest BCUT2D eigenvalue weighted by molar-refractivity contribution is 5.86. The maximum Gasteiger partial charge on any atom is 0.286 e. The molecule has 176 valence electrons. The lowest BCUT2D eigenvalue weighted by molar-refractivity contribution is -0.135. The first-order valence-electron chi connectivity index (χ1n) is 12.0. The molecule has 6 nitrogen and oxygen atoms in total. The normalized spacial score (nSPS) is 19.0. The molecule has 6 heteroatoms. The van der Waals surface area contributed by atoms with Crippen molar-refractivity contribution >= 4 is 22.6 Å². The Morgan fingerprint density at radius 1 is 1.00 bits per heavy atom. The fraction of sp³-hybridized carbons (Fsp3) is 0.357. The SMILES string of the molecule is C[C@@H](NCC1CN(C(=O)CCC(=O)N=O)CCC1c1ccccc1)c1cccc2ccccc12. The number of fused-ring (bicyclic) bond motifs is 1. The maximum atomic E-state index is 12.7. The second-order valence-electron chi connectivity index (χ2n) is 9.09. The molecule has 0 spiro atoms. The summed E-state index contributed by atoms with van der Waals surface area (Å²) in [6.07, 6.45) is 0.778. The lowest BCUT2D eigenvalue weighted by Crippen LogP contribution is -2.46. The van der Waals surface area contributed by atoms with Crippen LogP contribution in [-0.4, -0.2) is 36.3 Å². The standard InChI is InChI=1S/C28H31N3O3/c1-20(24-13-7-11-22-10-5-6-12-26(22)24)29-18-23-19-31(28(33)15-14-27(32)30-34)17-16-25(23)21-8-3-2-4-9-21/h2-13,20,23,25,29H,14-19H2,1H3/t20-,23?,25?/m1/s1. The average Bonchev–Trinajstić information content (AvgIpc) is 2.90. The smallest absolute Gasteiger partial charge is 0.286 e. The highest BCUT2D eigenvalue weighted by Gasteiger charge is 2.32. The summed E-state index contributed by atoms with van der Waals surface area (Å²) >= 11 is 0. The second-order valence-corrected chi connectivity index (χ2v) is 9.09. The number of benzene rings is 3. The van der Waals surface area contributed by atoms with Crippen LogP contribution in [0.4, 0.5) is 0 Å². The maximum absolute atomic E-state index is 12.7. The summed E-state index contributed by atoms with van der Waals surface area (Å²) in [4.78, 5) is 36.2. The number of likely N-dealkylation sites (tertiary alicyclic amines) is 1. The van der Waals surface area contributed by atoms with Crippen molar-refractivity contribution < 1.29 is 9.59 Å². The third-order valence-corrected chi connectivity index (χ3v) is 6.95. The highest BCUT2D eigenvalue weighted by Crippen LogP contribution is 2.34. The Bertz CT molecular complexity index is 1140. The molecule has 0 saturated carbocycles. The Hall–Kier alpha value is -3.38. The van der Waals surface area contributed by atoms with Crippen LogP contribution in [0, 0.1) is 10.8 Å². The second kappa shape index (κ2) is 11.2. The molecule has 1 aliphatic rings. The molecule has 1 aliphatic heterocycles. The average molecular weight is 458 g/mol. The lowest BCUT2D eigenvalue weighted by atomic mass is 9.80. The summed E-state index contributed by atoms with van der Waals surface area (Å²) in [7, 11) is 0. The van der Waals surface area contributed by atoms with Crippen molar-refractivity contribution in [2.75, 3.05) is 19.6 Å². The Morgan fingerprint density at radius 3 is 2.53 bits per heavy atom. The monoisotopic (exact) mass is 457 g/mol. The summed E-state index contributed by atoms with van der Waals surface area (Å²) in [5.41, 5.74) is 2.55. The van der Waals surface area contributed by atoms with Gasteiger partial charge >= 0.3 is 0 Å². The molecule has 34 heavy (non-hydrogen) atoms. The van der Waals surface area contributed by atoms with Gasteiger partial charge in [-0.2, -0.15) is 0 Å². The number of hydrogen-bond acceptors (Lipinski definition) is 4. The van der Waals surface area contributed by atoms with E-state index in [1.807, 2.05) is 11.0 Å². The van der Waals surface area contributed by atoms with Gasteiger partial charge in [0, 0.05) is 43.7 Å². The summed E-state index contributed by atoms with van der Waals surface area (Å²) in [6.45, 7) is 4.22. The van der Waals surface area contributed by atoms with Crippen LogP contribution in [0.15, 0.2) is 78.0 Å². The lowest BCUT2D eigenvalue weighted by Gasteiger charge is -2.39. The minimum absolute atomic E-state index is 0.0349. The zero-order valence-corrected chi connectivity index (χ0v) is 19.5. The van der Waals surface area contributed by atoms with Gasteiger partial charge in [-0.25, -0.2) is 0 Å². The molecule has 2 amide bonds. The molecule has 2 unspecified atom stereocenters. The number of amides is 2.